The van der Waals surface area contributed by atoms with Crippen LogP contribution in [-0.4, -0.2) is 58.0 Å². The van der Waals surface area contributed by atoms with Crippen LogP contribution in [0.3, 0.4) is 0 Å². The first kappa shape index (κ1) is 13.8. The van der Waals surface area contributed by atoms with E-state index in [2.05, 4.69) is 4.84 Å². The molecule has 0 aromatic rings. The van der Waals surface area contributed by atoms with Crippen molar-refractivity contribution >= 4 is 17.9 Å². The molecule has 2 bridgehead atoms. The van der Waals surface area contributed by atoms with E-state index in [1.54, 1.807) is 6.08 Å². The SMILES string of the molecule is NC(=O)[C@@H]1C(C2CC2)=C[C@@H]2CN1C(=O)N2O[C@@H](F)C(=O)O. The van der Waals surface area contributed by atoms with Crippen LogP contribution in [0.1, 0.15) is 12.8 Å². The Kier molecular flexibility index (Phi) is 3.08. The van der Waals surface area contributed by atoms with Crippen LogP contribution in [0.5, 0.6) is 0 Å². The van der Waals surface area contributed by atoms with Gasteiger partial charge in [-0.15, -0.1) is 0 Å². The van der Waals surface area contributed by atoms with Crippen molar-refractivity contribution < 1.29 is 28.7 Å². The van der Waals surface area contributed by atoms with Gasteiger partial charge in [0.25, 0.3) is 0 Å². The van der Waals surface area contributed by atoms with Crippen LogP contribution >= 0.6 is 0 Å². The molecule has 0 aromatic heterocycles. The standard InChI is InChI=1S/C12H14FN3O5/c13-9(11(18)19)21-16-6-3-7(5-1-2-5)8(10(14)17)15(4-6)12(16)20/h3,5-6,8-9H,1-2,4H2,(H2,14,17)(H,18,19)/t6-,8+,9-/m1/s1. The highest BCUT2D eigenvalue weighted by atomic mass is 19.1. The van der Waals surface area contributed by atoms with Gasteiger partial charge in [0.05, 0.1) is 12.6 Å². The number of primary amides is 1. The van der Waals surface area contributed by atoms with E-state index < -0.39 is 36.3 Å². The lowest BCUT2D eigenvalue weighted by molar-refractivity contribution is -0.219. The van der Waals surface area contributed by atoms with Gasteiger partial charge in [0, 0.05) is 0 Å². The van der Waals surface area contributed by atoms with E-state index >= 15 is 0 Å². The van der Waals surface area contributed by atoms with E-state index in [4.69, 9.17) is 10.8 Å². The topological polar surface area (TPSA) is 113 Å². The first-order chi connectivity index (χ1) is 9.90. The second-order valence-corrected chi connectivity index (χ2v) is 5.33. The van der Waals surface area contributed by atoms with Crippen LogP contribution < -0.4 is 5.73 Å². The Bertz CT molecular complexity index is 547. The minimum absolute atomic E-state index is 0.120. The lowest BCUT2D eigenvalue weighted by Gasteiger charge is -2.29. The molecule has 1 aliphatic carbocycles. The number of carboxylic acids is 1. The number of carbonyl (C=O) groups excluding carboxylic acids is 2. The summed E-state index contributed by atoms with van der Waals surface area (Å²) in [7, 11) is 0. The van der Waals surface area contributed by atoms with Crippen molar-refractivity contribution in [2.24, 2.45) is 11.7 Å². The summed E-state index contributed by atoms with van der Waals surface area (Å²) in [4.78, 5) is 40.1. The number of hydrogen-bond donors (Lipinski definition) is 2. The maximum absolute atomic E-state index is 13.2. The van der Waals surface area contributed by atoms with E-state index in [0.29, 0.717) is 5.06 Å². The third-order valence-corrected chi connectivity index (χ3v) is 3.85. The molecule has 21 heavy (non-hydrogen) atoms. The van der Waals surface area contributed by atoms with Gasteiger partial charge in [-0.2, -0.15) is 5.06 Å². The Labute approximate surface area is 118 Å². The Balaban J connectivity index is 1.87. The van der Waals surface area contributed by atoms with Crippen molar-refractivity contribution in [2.75, 3.05) is 6.54 Å². The molecule has 1 saturated carbocycles. The Morgan fingerprint density at radius 3 is 2.67 bits per heavy atom. The van der Waals surface area contributed by atoms with E-state index in [1.807, 2.05) is 0 Å². The average molecular weight is 299 g/mol. The summed E-state index contributed by atoms with van der Waals surface area (Å²) in [5.74, 6) is -2.28. The lowest BCUT2D eigenvalue weighted by atomic mass is 9.95. The van der Waals surface area contributed by atoms with E-state index in [-0.39, 0.29) is 12.5 Å². The van der Waals surface area contributed by atoms with Gasteiger partial charge in [-0.05, 0) is 24.3 Å². The number of aliphatic carboxylic acids is 1. The third-order valence-electron chi connectivity index (χ3n) is 3.85. The smallest absolute Gasteiger partial charge is 0.368 e. The molecule has 8 nitrogen and oxygen atoms in total. The van der Waals surface area contributed by atoms with Crippen LogP contribution in [0, 0.1) is 5.92 Å². The summed E-state index contributed by atoms with van der Waals surface area (Å²) in [6, 6.07) is -2.22. The quantitative estimate of drug-likeness (QED) is 0.671. The summed E-state index contributed by atoms with van der Waals surface area (Å²) < 4.78 is 13.2. The molecule has 2 heterocycles. The minimum atomic E-state index is -2.64. The predicted molar refractivity (Wildman–Crippen MR) is 65.1 cm³/mol. The maximum atomic E-state index is 13.2. The highest BCUT2D eigenvalue weighted by Gasteiger charge is 2.51. The Hall–Kier alpha value is -2.16. The molecule has 3 amide bonds. The van der Waals surface area contributed by atoms with Gasteiger partial charge in [0.1, 0.15) is 6.04 Å². The monoisotopic (exact) mass is 299 g/mol. The average Bonchev–Trinajstić information content (AvgIpc) is 3.23. The lowest BCUT2D eigenvalue weighted by Crippen LogP contribution is -2.49. The fourth-order valence-electron chi connectivity index (χ4n) is 2.81. The van der Waals surface area contributed by atoms with Gasteiger partial charge >= 0.3 is 18.4 Å². The van der Waals surface area contributed by atoms with Crippen LogP contribution in [-0.2, 0) is 14.4 Å². The van der Waals surface area contributed by atoms with Gasteiger partial charge in [0.15, 0.2) is 0 Å². The van der Waals surface area contributed by atoms with Crippen molar-refractivity contribution in [1.82, 2.24) is 9.96 Å². The maximum Gasteiger partial charge on any atom is 0.368 e. The molecular weight excluding hydrogens is 285 g/mol. The highest BCUT2D eigenvalue weighted by molar-refractivity contribution is 5.91. The molecule has 0 aromatic carbocycles. The summed E-state index contributed by atoms with van der Waals surface area (Å²) in [5.41, 5.74) is 6.10. The van der Waals surface area contributed by atoms with Crippen molar-refractivity contribution in [3.8, 4) is 0 Å². The summed E-state index contributed by atoms with van der Waals surface area (Å²) in [5, 5.41) is 9.19. The number of hydroxylamine groups is 2. The Morgan fingerprint density at radius 1 is 1.48 bits per heavy atom. The number of halogens is 1. The number of urea groups is 1. The van der Waals surface area contributed by atoms with Gasteiger partial charge in [-0.25, -0.2) is 18.8 Å². The van der Waals surface area contributed by atoms with Crippen LogP contribution in [0.2, 0.25) is 0 Å². The van der Waals surface area contributed by atoms with Gasteiger partial charge < -0.3 is 15.7 Å². The molecule has 3 N–H and O–H groups in total. The predicted octanol–water partition coefficient (Wildman–Crippen LogP) is -0.392. The molecule has 114 valence electrons. The number of nitrogens with zero attached hydrogens (tertiary/aromatic N) is 2. The molecule has 2 fully saturated rings. The van der Waals surface area contributed by atoms with Gasteiger partial charge in [0.2, 0.25) is 5.91 Å². The highest BCUT2D eigenvalue weighted by Crippen LogP contribution is 2.43. The number of fused-ring (bicyclic) bond motifs is 2. The summed E-state index contributed by atoms with van der Waals surface area (Å²) >= 11 is 0. The van der Waals surface area contributed by atoms with Crippen LogP contribution in [0.15, 0.2) is 11.6 Å². The molecule has 2 aliphatic heterocycles. The van der Waals surface area contributed by atoms with Crippen molar-refractivity contribution in [2.45, 2.75) is 31.3 Å². The fraction of sp³-hybridized carbons (Fsp3) is 0.583. The third kappa shape index (κ3) is 2.23. The number of hydrogen-bond acceptors (Lipinski definition) is 4. The Morgan fingerprint density at radius 2 is 2.14 bits per heavy atom. The molecule has 1 saturated heterocycles. The molecule has 3 aliphatic rings. The number of amides is 3. The van der Waals surface area contributed by atoms with Gasteiger partial charge in [-0.1, -0.05) is 6.08 Å². The first-order valence-corrected chi connectivity index (χ1v) is 6.54. The zero-order valence-electron chi connectivity index (χ0n) is 10.9. The number of carboxylic acid groups (broad SMARTS) is 1. The molecule has 9 heteroatoms. The van der Waals surface area contributed by atoms with E-state index in [0.717, 1.165) is 18.4 Å². The molecule has 3 rings (SSSR count). The number of alkyl halides is 1. The molecular formula is C12H14FN3O5. The number of nitrogens with two attached hydrogens (primary N) is 1. The van der Waals surface area contributed by atoms with E-state index in [9.17, 15) is 18.8 Å². The van der Waals surface area contributed by atoms with E-state index in [1.165, 1.54) is 4.90 Å². The van der Waals surface area contributed by atoms with Crippen molar-refractivity contribution in [3.63, 3.8) is 0 Å². The minimum Gasteiger partial charge on any atom is -0.477 e. The second-order valence-electron chi connectivity index (χ2n) is 5.33. The largest absolute Gasteiger partial charge is 0.477 e. The molecule has 0 radical (unpaired) electrons. The second kappa shape index (κ2) is 4.69. The van der Waals surface area contributed by atoms with Crippen LogP contribution in [0.25, 0.3) is 0 Å². The van der Waals surface area contributed by atoms with Crippen molar-refractivity contribution in [1.29, 1.82) is 0 Å². The number of carbonyl (C=O) groups is 3. The zero-order chi connectivity index (χ0) is 15.3. The van der Waals surface area contributed by atoms with Gasteiger partial charge in [-0.3, -0.25) is 4.79 Å². The zero-order valence-corrected chi connectivity index (χ0v) is 10.9. The summed E-state index contributed by atoms with van der Waals surface area (Å²) in [6.07, 6.45) is 0.848. The molecule has 0 spiro atoms. The molecule has 0 unspecified atom stereocenters. The number of rotatable bonds is 5. The summed E-state index contributed by atoms with van der Waals surface area (Å²) in [6.45, 7) is 0.120. The van der Waals surface area contributed by atoms with Crippen molar-refractivity contribution in [3.05, 3.63) is 11.6 Å². The molecule has 3 atom stereocenters. The first-order valence-electron chi connectivity index (χ1n) is 6.54. The van der Waals surface area contributed by atoms with Crippen LogP contribution in [0.4, 0.5) is 9.18 Å². The fourth-order valence-corrected chi connectivity index (χ4v) is 2.81. The normalized spacial score (nSPS) is 29.4.